The number of methoxy groups -OCH3 is 1. The molecule has 9 heteroatoms. The summed E-state index contributed by atoms with van der Waals surface area (Å²) in [6.07, 6.45) is 0.829. The van der Waals surface area contributed by atoms with E-state index in [0.717, 1.165) is 29.0 Å². The van der Waals surface area contributed by atoms with E-state index in [1.165, 1.54) is 11.3 Å². The number of esters is 1. The Morgan fingerprint density at radius 1 is 1.15 bits per heavy atom. The van der Waals surface area contributed by atoms with Gasteiger partial charge in [0, 0.05) is 30.5 Å². The quantitative estimate of drug-likeness (QED) is 0.473. The number of aromatic nitrogens is 1. The van der Waals surface area contributed by atoms with Crippen LogP contribution in [-0.4, -0.2) is 54.5 Å². The molecule has 0 bridgehead atoms. The molecule has 1 N–H and O–H groups in total. The Labute approximate surface area is 201 Å². The van der Waals surface area contributed by atoms with E-state index in [1.807, 2.05) is 60.0 Å². The van der Waals surface area contributed by atoms with E-state index in [9.17, 15) is 14.4 Å². The fourth-order valence-electron chi connectivity index (χ4n) is 3.69. The van der Waals surface area contributed by atoms with Crippen molar-refractivity contribution in [3.8, 4) is 17.0 Å². The first kappa shape index (κ1) is 23.4. The van der Waals surface area contributed by atoms with Crippen molar-refractivity contribution in [2.75, 3.05) is 32.1 Å². The number of anilines is 1. The normalized spacial score (nSPS) is 15.3. The molecule has 0 radical (unpaired) electrons. The van der Waals surface area contributed by atoms with E-state index >= 15 is 0 Å². The number of thiazole rings is 1. The Morgan fingerprint density at radius 2 is 1.91 bits per heavy atom. The minimum atomic E-state index is -0.558. The van der Waals surface area contributed by atoms with Gasteiger partial charge in [0.1, 0.15) is 5.75 Å². The van der Waals surface area contributed by atoms with E-state index in [1.54, 1.807) is 12.0 Å². The summed E-state index contributed by atoms with van der Waals surface area (Å²) in [5, 5.41) is 4.89. The first-order valence-electron chi connectivity index (χ1n) is 10.9. The molecule has 1 aliphatic rings. The summed E-state index contributed by atoms with van der Waals surface area (Å²) < 4.78 is 10.3. The van der Waals surface area contributed by atoms with Gasteiger partial charge in [-0.2, -0.15) is 0 Å². The van der Waals surface area contributed by atoms with Gasteiger partial charge >= 0.3 is 5.97 Å². The maximum atomic E-state index is 12.4. The lowest BCUT2D eigenvalue weighted by Gasteiger charge is -2.16. The molecule has 2 amide bonds. The van der Waals surface area contributed by atoms with Crippen molar-refractivity contribution in [1.82, 2.24) is 9.88 Å². The number of carbonyl (C=O) groups excluding carboxylic acids is 3. The summed E-state index contributed by atoms with van der Waals surface area (Å²) in [7, 11) is 1.60. The van der Waals surface area contributed by atoms with Crippen molar-refractivity contribution >= 4 is 34.3 Å². The Kier molecular flexibility index (Phi) is 7.54. The van der Waals surface area contributed by atoms with Gasteiger partial charge in [-0.3, -0.25) is 19.7 Å². The smallest absolute Gasteiger partial charge is 0.311 e. The molecule has 1 aromatic heterocycles. The predicted octanol–water partition coefficient (Wildman–Crippen LogP) is 3.39. The number of rotatable bonds is 9. The highest BCUT2D eigenvalue weighted by Crippen LogP contribution is 2.26. The van der Waals surface area contributed by atoms with Crippen LogP contribution in [0.4, 0.5) is 5.13 Å². The van der Waals surface area contributed by atoms with Crippen LogP contribution in [0.3, 0.4) is 0 Å². The predicted molar refractivity (Wildman–Crippen MR) is 129 cm³/mol. The maximum Gasteiger partial charge on any atom is 0.311 e. The molecule has 0 spiro atoms. The number of carbonyl (C=O) groups is 3. The molecular weight excluding hydrogens is 454 g/mol. The molecule has 3 aromatic rings. The van der Waals surface area contributed by atoms with Gasteiger partial charge in [0.05, 0.1) is 18.7 Å². The van der Waals surface area contributed by atoms with Gasteiger partial charge in [-0.15, -0.1) is 11.3 Å². The minimum Gasteiger partial charge on any atom is -0.497 e. The van der Waals surface area contributed by atoms with Gasteiger partial charge in [0.15, 0.2) is 11.7 Å². The van der Waals surface area contributed by atoms with Crippen LogP contribution in [0, 0.1) is 5.92 Å². The molecule has 2 heterocycles. The second-order valence-corrected chi connectivity index (χ2v) is 8.76. The number of nitrogens with zero attached hydrogens (tertiary/aromatic N) is 2. The third-order valence-corrected chi connectivity index (χ3v) is 6.30. The molecule has 8 nitrogen and oxygen atoms in total. The zero-order valence-corrected chi connectivity index (χ0v) is 19.5. The summed E-state index contributed by atoms with van der Waals surface area (Å²) in [5.41, 5.74) is 2.75. The van der Waals surface area contributed by atoms with Crippen LogP contribution < -0.4 is 10.1 Å². The van der Waals surface area contributed by atoms with Gasteiger partial charge in [0.25, 0.3) is 5.91 Å². The lowest BCUT2D eigenvalue weighted by Crippen LogP contribution is -2.29. The Hall–Kier alpha value is -3.72. The molecule has 2 aromatic carbocycles. The Balaban J connectivity index is 1.22. The number of likely N-dealkylation sites (tertiary alicyclic amines) is 1. The molecule has 1 saturated heterocycles. The van der Waals surface area contributed by atoms with Crippen LogP contribution in [0.25, 0.3) is 11.3 Å². The van der Waals surface area contributed by atoms with E-state index in [-0.39, 0.29) is 12.3 Å². The van der Waals surface area contributed by atoms with Crippen molar-refractivity contribution in [2.45, 2.75) is 12.8 Å². The Morgan fingerprint density at radius 3 is 2.65 bits per heavy atom. The monoisotopic (exact) mass is 479 g/mol. The van der Waals surface area contributed by atoms with Crippen LogP contribution in [0.1, 0.15) is 12.0 Å². The average Bonchev–Trinajstić information content (AvgIpc) is 3.48. The molecular formula is C25H25N3O5S. The topological polar surface area (TPSA) is 97.8 Å². The van der Waals surface area contributed by atoms with Gasteiger partial charge in [-0.1, -0.05) is 30.3 Å². The number of ether oxygens (including phenoxy) is 2. The first-order chi connectivity index (χ1) is 16.5. The summed E-state index contributed by atoms with van der Waals surface area (Å²) in [6.45, 7) is 0.433. The SMILES string of the molecule is COc1ccc(-c2csc(NC(=O)COC(=O)[C@@H]3CC(=O)N(CCc4ccccc4)C3)n2)cc1. The van der Waals surface area contributed by atoms with Gasteiger partial charge in [-0.25, -0.2) is 4.98 Å². The van der Waals surface area contributed by atoms with Crippen molar-refractivity contribution < 1.29 is 23.9 Å². The fraction of sp³-hybridized carbons (Fsp3) is 0.280. The third-order valence-electron chi connectivity index (χ3n) is 5.54. The average molecular weight is 480 g/mol. The maximum absolute atomic E-state index is 12.4. The third kappa shape index (κ3) is 5.99. The fourth-order valence-corrected chi connectivity index (χ4v) is 4.43. The highest BCUT2D eigenvalue weighted by atomic mass is 32.1. The van der Waals surface area contributed by atoms with Gasteiger partial charge in [-0.05, 0) is 36.2 Å². The van der Waals surface area contributed by atoms with E-state index in [2.05, 4.69) is 10.3 Å². The zero-order valence-electron chi connectivity index (χ0n) is 18.7. The minimum absolute atomic E-state index is 0.0730. The number of benzene rings is 2. The van der Waals surface area contributed by atoms with Crippen LogP contribution in [0.5, 0.6) is 5.75 Å². The lowest BCUT2D eigenvalue weighted by atomic mass is 10.1. The molecule has 0 saturated carbocycles. The molecule has 1 fully saturated rings. The van der Waals surface area contributed by atoms with Crippen molar-refractivity contribution in [3.63, 3.8) is 0 Å². The van der Waals surface area contributed by atoms with E-state index in [4.69, 9.17) is 9.47 Å². The highest BCUT2D eigenvalue weighted by molar-refractivity contribution is 7.14. The van der Waals surface area contributed by atoms with Crippen LogP contribution in [-0.2, 0) is 25.5 Å². The summed E-state index contributed by atoms with van der Waals surface area (Å²) >= 11 is 1.28. The number of hydrogen-bond acceptors (Lipinski definition) is 7. The van der Waals surface area contributed by atoms with Crippen LogP contribution in [0.2, 0.25) is 0 Å². The van der Waals surface area contributed by atoms with Gasteiger partial charge < -0.3 is 14.4 Å². The van der Waals surface area contributed by atoms with Crippen molar-refractivity contribution in [1.29, 1.82) is 0 Å². The van der Waals surface area contributed by atoms with Crippen LogP contribution in [0.15, 0.2) is 60.0 Å². The molecule has 34 heavy (non-hydrogen) atoms. The van der Waals surface area contributed by atoms with Crippen molar-refractivity contribution in [3.05, 3.63) is 65.5 Å². The first-order valence-corrected chi connectivity index (χ1v) is 11.8. The summed E-state index contributed by atoms with van der Waals surface area (Å²) in [6, 6.07) is 17.3. The zero-order chi connectivity index (χ0) is 23.9. The van der Waals surface area contributed by atoms with E-state index < -0.39 is 24.4 Å². The summed E-state index contributed by atoms with van der Waals surface area (Å²) in [5.74, 6) is -0.899. The lowest BCUT2D eigenvalue weighted by molar-refractivity contribution is -0.151. The molecule has 4 rings (SSSR count). The number of nitrogens with one attached hydrogen (secondary N) is 1. The standard InChI is InChI=1S/C25H25N3O5S/c1-32-20-9-7-18(8-10-20)21-16-34-25(26-21)27-22(29)15-33-24(31)19-13-23(30)28(14-19)12-11-17-5-3-2-4-6-17/h2-10,16,19H,11-15H2,1H3,(H,26,27,29)/t19-/m1/s1. The number of hydrogen-bond donors (Lipinski definition) is 1. The highest BCUT2D eigenvalue weighted by Gasteiger charge is 2.35. The number of amides is 2. The Bertz CT molecular complexity index is 1150. The summed E-state index contributed by atoms with van der Waals surface area (Å²) in [4.78, 5) is 43.0. The molecule has 1 aliphatic heterocycles. The van der Waals surface area contributed by atoms with E-state index in [0.29, 0.717) is 18.2 Å². The molecule has 0 unspecified atom stereocenters. The second-order valence-electron chi connectivity index (χ2n) is 7.90. The largest absolute Gasteiger partial charge is 0.497 e. The second kappa shape index (κ2) is 10.9. The van der Waals surface area contributed by atoms with Crippen molar-refractivity contribution in [2.24, 2.45) is 5.92 Å². The molecule has 1 atom stereocenters. The van der Waals surface area contributed by atoms with Crippen LogP contribution >= 0.6 is 11.3 Å². The molecule has 176 valence electrons. The molecule has 0 aliphatic carbocycles. The van der Waals surface area contributed by atoms with Gasteiger partial charge in [0.2, 0.25) is 5.91 Å².